The van der Waals surface area contributed by atoms with Gasteiger partial charge < -0.3 is 18.9 Å². The summed E-state index contributed by atoms with van der Waals surface area (Å²) in [6.07, 6.45) is 0.532. The second kappa shape index (κ2) is 6.80. The zero-order chi connectivity index (χ0) is 20.0. The molecule has 2 aliphatic rings. The lowest BCUT2D eigenvalue weighted by Crippen LogP contribution is -2.41. The predicted octanol–water partition coefficient (Wildman–Crippen LogP) is 2.38. The second-order valence-electron chi connectivity index (χ2n) is 9.34. The van der Waals surface area contributed by atoms with Crippen LogP contribution < -0.4 is 15.8 Å². The molecule has 7 heteroatoms. The molecule has 1 aromatic rings. The Balaban J connectivity index is 1.81. The minimum atomic E-state index is -0.516. The summed E-state index contributed by atoms with van der Waals surface area (Å²) in [4.78, 5) is 18.1. The van der Waals surface area contributed by atoms with E-state index in [0.717, 1.165) is 11.0 Å². The highest BCUT2D eigenvalue weighted by Gasteiger charge is 2.51. The standard InChI is InChI=1S/C20H30BNO5/c1-18(2,3)24-17(23)14-10-13-11-15(8-9-16(13)25-22-12-14)21-26-19(4,5)20(6,7)27-21/h8-9,11,14,22H,10,12H2,1-7H3. The highest BCUT2D eigenvalue weighted by atomic mass is 16.7. The largest absolute Gasteiger partial charge is 0.494 e. The highest BCUT2D eigenvalue weighted by Crippen LogP contribution is 2.37. The van der Waals surface area contributed by atoms with Crippen molar-refractivity contribution in [2.45, 2.75) is 71.7 Å². The summed E-state index contributed by atoms with van der Waals surface area (Å²) in [5, 5.41) is 0. The number of hydrogen-bond acceptors (Lipinski definition) is 6. The summed E-state index contributed by atoms with van der Waals surface area (Å²) in [6, 6.07) is 5.83. The van der Waals surface area contributed by atoms with E-state index in [2.05, 4.69) is 5.48 Å². The van der Waals surface area contributed by atoms with Crippen molar-refractivity contribution in [3.63, 3.8) is 0 Å². The fourth-order valence-electron chi connectivity index (χ4n) is 3.09. The Kier molecular flexibility index (Phi) is 5.08. The molecule has 27 heavy (non-hydrogen) atoms. The summed E-state index contributed by atoms with van der Waals surface area (Å²) in [7, 11) is -0.448. The molecular weight excluding hydrogens is 345 g/mol. The molecule has 0 spiro atoms. The molecule has 0 saturated carbocycles. The van der Waals surface area contributed by atoms with Crippen LogP contribution in [0, 0.1) is 5.92 Å². The molecule has 1 N–H and O–H groups in total. The maximum atomic E-state index is 12.5. The summed E-state index contributed by atoms with van der Waals surface area (Å²) >= 11 is 0. The number of fused-ring (bicyclic) bond motifs is 1. The first-order valence-corrected chi connectivity index (χ1v) is 9.49. The Morgan fingerprint density at radius 1 is 1.19 bits per heavy atom. The average molecular weight is 375 g/mol. The molecule has 0 amide bonds. The normalized spacial score (nSPS) is 24.0. The van der Waals surface area contributed by atoms with Gasteiger partial charge in [0.05, 0.1) is 17.1 Å². The van der Waals surface area contributed by atoms with Gasteiger partial charge in [-0.15, -0.1) is 0 Å². The van der Waals surface area contributed by atoms with Crippen LogP contribution in [-0.2, 0) is 25.3 Å². The van der Waals surface area contributed by atoms with Gasteiger partial charge in [-0.1, -0.05) is 12.1 Å². The maximum Gasteiger partial charge on any atom is 0.494 e. The number of hydroxylamine groups is 1. The van der Waals surface area contributed by atoms with Crippen LogP contribution in [0.3, 0.4) is 0 Å². The SMILES string of the molecule is CC(C)(C)OC(=O)C1CNOc2ccc(B3OC(C)(C)C(C)(C)O3)cc2C1. The molecule has 1 atom stereocenters. The smallest absolute Gasteiger partial charge is 0.460 e. The summed E-state index contributed by atoms with van der Waals surface area (Å²) in [5.41, 5.74) is 3.40. The summed E-state index contributed by atoms with van der Waals surface area (Å²) in [5.74, 6) is 0.160. The van der Waals surface area contributed by atoms with Gasteiger partial charge >= 0.3 is 13.1 Å². The minimum absolute atomic E-state index is 0.229. The van der Waals surface area contributed by atoms with Gasteiger partial charge in [0.15, 0.2) is 0 Å². The van der Waals surface area contributed by atoms with Crippen LogP contribution in [0.25, 0.3) is 0 Å². The van der Waals surface area contributed by atoms with E-state index in [1.165, 1.54) is 0 Å². The molecular formula is C20H30BNO5. The van der Waals surface area contributed by atoms with Crippen LogP contribution in [0.1, 0.15) is 54.0 Å². The molecule has 0 bridgehead atoms. The maximum absolute atomic E-state index is 12.5. The van der Waals surface area contributed by atoms with E-state index in [-0.39, 0.29) is 11.9 Å². The lowest BCUT2D eigenvalue weighted by molar-refractivity contribution is -0.160. The van der Waals surface area contributed by atoms with E-state index in [9.17, 15) is 4.79 Å². The molecule has 0 aliphatic carbocycles. The third-order valence-corrected chi connectivity index (χ3v) is 5.33. The van der Waals surface area contributed by atoms with Crippen molar-refractivity contribution in [1.82, 2.24) is 5.48 Å². The van der Waals surface area contributed by atoms with Gasteiger partial charge in [-0.3, -0.25) is 4.79 Å². The number of nitrogens with one attached hydrogen (secondary N) is 1. The van der Waals surface area contributed by atoms with Gasteiger partial charge in [-0.2, -0.15) is 5.48 Å². The quantitative estimate of drug-likeness (QED) is 0.633. The number of rotatable bonds is 2. The third kappa shape index (κ3) is 4.31. The number of carbonyl (C=O) groups is 1. The first kappa shape index (κ1) is 20.2. The van der Waals surface area contributed by atoms with Crippen molar-refractivity contribution in [3.8, 4) is 5.75 Å². The van der Waals surface area contributed by atoms with Crippen molar-refractivity contribution in [2.24, 2.45) is 5.92 Å². The Morgan fingerprint density at radius 3 is 2.41 bits per heavy atom. The van der Waals surface area contributed by atoms with Gasteiger partial charge in [0.25, 0.3) is 0 Å². The molecule has 1 fully saturated rings. The molecule has 2 aliphatic heterocycles. The van der Waals surface area contributed by atoms with Crippen molar-refractivity contribution >= 4 is 18.6 Å². The molecule has 1 unspecified atom stereocenters. The molecule has 0 aromatic heterocycles. The first-order chi connectivity index (χ1) is 12.4. The van der Waals surface area contributed by atoms with Crippen LogP contribution in [0.15, 0.2) is 18.2 Å². The Hall–Kier alpha value is -1.57. The molecule has 3 rings (SSSR count). The number of hydrogen-bond donors (Lipinski definition) is 1. The molecule has 148 valence electrons. The summed E-state index contributed by atoms with van der Waals surface area (Å²) in [6.45, 7) is 14.1. The lowest BCUT2D eigenvalue weighted by atomic mass is 9.77. The molecule has 2 heterocycles. The van der Waals surface area contributed by atoms with Crippen LogP contribution in [0.5, 0.6) is 5.75 Å². The van der Waals surface area contributed by atoms with E-state index in [1.54, 1.807) is 0 Å². The predicted molar refractivity (Wildman–Crippen MR) is 104 cm³/mol. The van der Waals surface area contributed by atoms with Gasteiger partial charge in [0.1, 0.15) is 11.4 Å². The number of esters is 1. The summed E-state index contributed by atoms with van der Waals surface area (Å²) < 4.78 is 17.8. The van der Waals surface area contributed by atoms with Crippen LogP contribution >= 0.6 is 0 Å². The first-order valence-electron chi connectivity index (χ1n) is 9.49. The number of carbonyl (C=O) groups excluding carboxylic acids is 1. The topological polar surface area (TPSA) is 66.0 Å². The molecule has 1 saturated heterocycles. The van der Waals surface area contributed by atoms with Crippen LogP contribution in [-0.4, -0.2) is 36.4 Å². The van der Waals surface area contributed by atoms with Crippen molar-refractivity contribution < 1.29 is 23.7 Å². The van der Waals surface area contributed by atoms with Crippen molar-refractivity contribution in [2.75, 3.05) is 6.54 Å². The van der Waals surface area contributed by atoms with Gasteiger partial charge in [-0.05, 0) is 72.0 Å². The van der Waals surface area contributed by atoms with Crippen LogP contribution in [0.2, 0.25) is 0 Å². The Bertz CT molecular complexity index is 710. The van der Waals surface area contributed by atoms with E-state index in [0.29, 0.717) is 18.7 Å². The van der Waals surface area contributed by atoms with Gasteiger partial charge in [0, 0.05) is 6.54 Å². The number of benzene rings is 1. The Labute approximate surface area is 162 Å². The molecule has 0 radical (unpaired) electrons. The van der Waals surface area contributed by atoms with E-state index < -0.39 is 23.9 Å². The van der Waals surface area contributed by atoms with Crippen molar-refractivity contribution in [1.29, 1.82) is 0 Å². The van der Waals surface area contributed by atoms with Gasteiger partial charge in [-0.25, -0.2) is 0 Å². The van der Waals surface area contributed by atoms with E-state index in [4.69, 9.17) is 18.9 Å². The zero-order valence-electron chi connectivity index (χ0n) is 17.3. The second-order valence-corrected chi connectivity index (χ2v) is 9.34. The highest BCUT2D eigenvalue weighted by molar-refractivity contribution is 6.62. The fourth-order valence-corrected chi connectivity index (χ4v) is 3.09. The molecule has 1 aromatic carbocycles. The lowest BCUT2D eigenvalue weighted by Gasteiger charge is -2.32. The molecule has 6 nitrogen and oxygen atoms in total. The fraction of sp³-hybridized carbons (Fsp3) is 0.650. The third-order valence-electron chi connectivity index (χ3n) is 5.33. The zero-order valence-corrected chi connectivity index (χ0v) is 17.3. The average Bonchev–Trinajstić information content (AvgIpc) is 2.68. The Morgan fingerprint density at radius 2 is 1.81 bits per heavy atom. The van der Waals surface area contributed by atoms with E-state index in [1.807, 2.05) is 66.7 Å². The number of ether oxygens (including phenoxy) is 1. The van der Waals surface area contributed by atoms with E-state index >= 15 is 0 Å². The minimum Gasteiger partial charge on any atom is -0.460 e. The van der Waals surface area contributed by atoms with Crippen LogP contribution in [0.4, 0.5) is 0 Å². The monoisotopic (exact) mass is 375 g/mol. The van der Waals surface area contributed by atoms with Gasteiger partial charge in [0.2, 0.25) is 0 Å². The van der Waals surface area contributed by atoms with Crippen molar-refractivity contribution in [3.05, 3.63) is 23.8 Å².